The number of hydrogen-bond donors (Lipinski definition) is 2. The molecule has 1 aromatic heterocycles. The van der Waals surface area contributed by atoms with E-state index in [-0.39, 0.29) is 47.9 Å². The number of aryl methyl sites for hydroxylation is 1. The number of methoxy groups -OCH3 is 1. The number of Topliss-reactive ketones (excluding diaryl/α,β-unsaturated/α-hetero) is 2. The minimum Gasteiger partial charge on any atom is -0.504 e. The third-order valence-corrected chi connectivity index (χ3v) is 9.42. The normalized spacial score (nSPS) is 24.0. The molecule has 5 atom stereocenters. The summed E-state index contributed by atoms with van der Waals surface area (Å²) in [6.07, 6.45) is 9.26. The van der Waals surface area contributed by atoms with Crippen molar-refractivity contribution in [3.8, 4) is 23.3 Å². The molecule has 0 unspecified atom stereocenters. The van der Waals surface area contributed by atoms with E-state index in [0.29, 0.717) is 29.8 Å². The molecular formula is C38H44N2O4. The minimum atomic E-state index is -0.327. The van der Waals surface area contributed by atoms with Crippen LogP contribution >= 0.6 is 0 Å². The van der Waals surface area contributed by atoms with Crippen LogP contribution in [-0.2, 0) is 22.4 Å². The van der Waals surface area contributed by atoms with Crippen LogP contribution in [0.15, 0.2) is 60.8 Å². The summed E-state index contributed by atoms with van der Waals surface area (Å²) in [4.78, 5) is 31.5. The van der Waals surface area contributed by atoms with Gasteiger partial charge in [0, 0.05) is 24.5 Å². The van der Waals surface area contributed by atoms with E-state index in [1.54, 1.807) is 6.07 Å². The zero-order valence-electron chi connectivity index (χ0n) is 25.9. The fourth-order valence-electron chi connectivity index (χ4n) is 7.15. The molecule has 2 aliphatic carbocycles. The number of pyridine rings is 1. The summed E-state index contributed by atoms with van der Waals surface area (Å²) in [6.45, 7) is 2.21. The number of hydrogen-bond acceptors (Lipinski definition) is 6. The first-order chi connectivity index (χ1) is 21.3. The highest BCUT2D eigenvalue weighted by Gasteiger charge is 2.37. The van der Waals surface area contributed by atoms with Gasteiger partial charge in [0.25, 0.3) is 0 Å². The average Bonchev–Trinajstić information content (AvgIpc) is 3.19. The molecule has 0 amide bonds. The maximum Gasteiger partial charge on any atom is 0.160 e. The quantitative estimate of drug-likeness (QED) is 0.225. The molecule has 2 aliphatic rings. The zero-order valence-corrected chi connectivity index (χ0v) is 25.9. The monoisotopic (exact) mass is 592 g/mol. The van der Waals surface area contributed by atoms with Crippen LogP contribution in [-0.4, -0.2) is 28.8 Å². The number of anilines is 1. The fraction of sp³-hybridized carbons (Fsp3) is 0.447. The van der Waals surface area contributed by atoms with E-state index in [1.165, 1.54) is 7.11 Å². The van der Waals surface area contributed by atoms with Crippen molar-refractivity contribution >= 4 is 17.4 Å². The number of carbonyl (C=O) groups is 2. The van der Waals surface area contributed by atoms with Crippen molar-refractivity contribution in [3.63, 3.8) is 0 Å². The number of ether oxygens (including phenoxy) is 1. The van der Waals surface area contributed by atoms with E-state index in [4.69, 9.17) is 10.5 Å². The van der Waals surface area contributed by atoms with Gasteiger partial charge in [-0.2, -0.15) is 0 Å². The summed E-state index contributed by atoms with van der Waals surface area (Å²) in [5.74, 6) is 8.11. The number of rotatable bonds is 7. The highest BCUT2D eigenvalue weighted by Crippen LogP contribution is 2.41. The minimum absolute atomic E-state index is 0.0333. The Hall–Kier alpha value is -4.11. The van der Waals surface area contributed by atoms with Crippen LogP contribution in [0, 0.1) is 35.5 Å². The highest BCUT2D eigenvalue weighted by atomic mass is 16.5. The van der Waals surface area contributed by atoms with Crippen molar-refractivity contribution in [2.24, 2.45) is 23.7 Å². The second-order valence-electron chi connectivity index (χ2n) is 12.6. The molecule has 1 saturated carbocycles. The number of nitrogens with zero attached hydrogens (tertiary/aromatic N) is 1. The molecule has 0 saturated heterocycles. The number of fused-ring (bicyclic) bond motifs is 2. The molecule has 230 valence electrons. The first-order valence-electron chi connectivity index (χ1n) is 16.0. The Labute approximate surface area is 261 Å². The summed E-state index contributed by atoms with van der Waals surface area (Å²) in [5.41, 5.74) is 9.78. The zero-order chi connectivity index (χ0) is 31.1. The molecule has 3 N–H and O–H groups in total. The Morgan fingerprint density at radius 3 is 2.55 bits per heavy atom. The van der Waals surface area contributed by atoms with Gasteiger partial charge >= 0.3 is 0 Å². The van der Waals surface area contributed by atoms with Crippen molar-refractivity contribution in [3.05, 3.63) is 83.0 Å². The molecule has 6 nitrogen and oxygen atoms in total. The molecule has 1 fully saturated rings. The smallest absolute Gasteiger partial charge is 0.160 e. The third-order valence-electron chi connectivity index (χ3n) is 9.42. The number of carbonyl (C=O) groups excluding carboxylic acids is 2. The number of unbranched alkanes of at least 4 members (excludes halogenated alkanes) is 1. The number of phenolic OH excluding ortho intramolecular Hbond substituents is 1. The molecule has 0 bridgehead atoms. The predicted molar refractivity (Wildman–Crippen MR) is 173 cm³/mol. The number of nitrogen functional groups attached to an aromatic ring is 1. The topological polar surface area (TPSA) is 103 Å². The van der Waals surface area contributed by atoms with E-state index in [2.05, 4.69) is 35.9 Å². The first kappa shape index (κ1) is 31.3. The van der Waals surface area contributed by atoms with Crippen molar-refractivity contribution in [2.45, 2.75) is 77.0 Å². The van der Waals surface area contributed by atoms with Gasteiger partial charge in [-0.15, -0.1) is 0 Å². The van der Waals surface area contributed by atoms with Crippen LogP contribution in [0.3, 0.4) is 0 Å². The van der Waals surface area contributed by atoms with Crippen molar-refractivity contribution in [1.82, 2.24) is 4.98 Å². The third kappa shape index (κ3) is 7.69. The van der Waals surface area contributed by atoms with Crippen LogP contribution in [0.5, 0.6) is 11.5 Å². The Kier molecular flexibility index (Phi) is 10.4. The van der Waals surface area contributed by atoms with Gasteiger partial charge in [-0.05, 0) is 84.4 Å². The summed E-state index contributed by atoms with van der Waals surface area (Å²) in [7, 11) is 1.52. The largest absolute Gasteiger partial charge is 0.504 e. The molecular weight excluding hydrogens is 548 g/mol. The Balaban J connectivity index is 1.60. The number of aromatic nitrogens is 1. The van der Waals surface area contributed by atoms with Crippen LogP contribution in [0.4, 0.5) is 5.82 Å². The molecule has 0 spiro atoms. The standard InChI is InChI=1S/C38H44N2O4/c1-3-4-8-25-17-27(18-26-11-16-38(39)40-24-26)19-29-13-15-32(28-9-6-5-7-10-28)33-23-36(43)37(44-2)21-30(33)12-14-31(41)22-35(42)34(29)20-25/h5-7,9-11,16,21,23-25,27,29,32,34,43H,3-4,8,12,14,17-20,22H2,1-2H3,(H2,39,40)/t25-,27+,29+,32+,34+/m0/s1. The molecule has 6 heteroatoms. The van der Waals surface area contributed by atoms with E-state index in [1.807, 2.05) is 42.6 Å². The lowest BCUT2D eigenvalue weighted by Gasteiger charge is -2.24. The second kappa shape index (κ2) is 14.6. The van der Waals surface area contributed by atoms with Crippen molar-refractivity contribution in [1.29, 1.82) is 0 Å². The first-order valence-corrected chi connectivity index (χ1v) is 16.0. The molecule has 2 aromatic carbocycles. The van der Waals surface area contributed by atoms with E-state index < -0.39 is 0 Å². The average molecular weight is 593 g/mol. The number of nitrogens with two attached hydrogens (primary N) is 1. The summed E-state index contributed by atoms with van der Waals surface area (Å²) < 4.78 is 5.42. The molecule has 0 aliphatic heterocycles. The van der Waals surface area contributed by atoms with Crippen LogP contribution < -0.4 is 10.5 Å². The lowest BCUT2D eigenvalue weighted by atomic mass is 9.78. The number of ketones is 2. The molecule has 3 aromatic rings. The van der Waals surface area contributed by atoms with Crippen LogP contribution in [0.2, 0.25) is 0 Å². The van der Waals surface area contributed by atoms with Gasteiger partial charge < -0.3 is 15.6 Å². The predicted octanol–water partition coefficient (Wildman–Crippen LogP) is 7.07. The van der Waals surface area contributed by atoms with Gasteiger partial charge in [-0.1, -0.05) is 74.4 Å². The summed E-state index contributed by atoms with van der Waals surface area (Å²) >= 11 is 0. The van der Waals surface area contributed by atoms with Crippen molar-refractivity contribution < 1.29 is 19.4 Å². The molecule has 0 radical (unpaired) electrons. The van der Waals surface area contributed by atoms with Crippen LogP contribution in [0.1, 0.15) is 86.5 Å². The highest BCUT2D eigenvalue weighted by molar-refractivity contribution is 6.00. The van der Waals surface area contributed by atoms with Gasteiger partial charge in [0.05, 0.1) is 19.4 Å². The maximum absolute atomic E-state index is 13.9. The lowest BCUT2D eigenvalue weighted by Crippen LogP contribution is -2.27. The lowest BCUT2D eigenvalue weighted by molar-refractivity contribution is -0.130. The van der Waals surface area contributed by atoms with Gasteiger partial charge in [0.15, 0.2) is 11.5 Å². The number of aromatic hydroxyl groups is 1. The fourth-order valence-corrected chi connectivity index (χ4v) is 7.15. The SMILES string of the molecule is CCCC[C@H]1C[C@H](Cc2ccc(N)nc2)C[C@H]2C#C[C@H](c3ccccc3)c3cc(O)c(OC)cc3CCC(=O)CC(=O)[C@@H]2C1. The Morgan fingerprint density at radius 1 is 1.00 bits per heavy atom. The van der Waals surface area contributed by atoms with E-state index in [9.17, 15) is 14.7 Å². The molecule has 5 rings (SSSR count). The van der Waals surface area contributed by atoms with Crippen molar-refractivity contribution in [2.75, 3.05) is 12.8 Å². The summed E-state index contributed by atoms with van der Waals surface area (Å²) in [6, 6.07) is 17.5. The number of phenols is 1. The summed E-state index contributed by atoms with van der Waals surface area (Å²) in [5, 5.41) is 10.8. The second-order valence-corrected chi connectivity index (χ2v) is 12.6. The Bertz CT molecular complexity index is 1510. The number of benzene rings is 2. The van der Waals surface area contributed by atoms with Gasteiger partial charge in [0.1, 0.15) is 17.4 Å². The van der Waals surface area contributed by atoms with Crippen LogP contribution in [0.25, 0.3) is 0 Å². The van der Waals surface area contributed by atoms with E-state index >= 15 is 0 Å². The molecule has 1 heterocycles. The van der Waals surface area contributed by atoms with Gasteiger partial charge in [-0.25, -0.2) is 4.98 Å². The van der Waals surface area contributed by atoms with E-state index in [0.717, 1.165) is 67.2 Å². The van der Waals surface area contributed by atoms with Gasteiger partial charge in [-0.3, -0.25) is 9.59 Å². The van der Waals surface area contributed by atoms with Gasteiger partial charge in [0.2, 0.25) is 0 Å². The Morgan fingerprint density at radius 2 is 1.82 bits per heavy atom. The maximum atomic E-state index is 13.9. The molecule has 44 heavy (non-hydrogen) atoms.